The van der Waals surface area contributed by atoms with Crippen LogP contribution in [-0.2, 0) is 11.3 Å². The molecule has 2 N–H and O–H groups in total. The normalized spacial score (nSPS) is 10.6. The van der Waals surface area contributed by atoms with Gasteiger partial charge in [-0.05, 0) is 30.3 Å². The number of halogens is 1. The molecule has 0 saturated carbocycles. The molecule has 0 unspecified atom stereocenters. The maximum atomic E-state index is 5.91. The van der Waals surface area contributed by atoms with Crippen LogP contribution in [0.5, 0.6) is 0 Å². The lowest BCUT2D eigenvalue weighted by Gasteiger charge is -2.02. The minimum absolute atomic E-state index is 0.445. The summed E-state index contributed by atoms with van der Waals surface area (Å²) in [7, 11) is 1.62. The Kier molecular flexibility index (Phi) is 3.17. The van der Waals surface area contributed by atoms with Crippen molar-refractivity contribution < 1.29 is 9.15 Å². The molecule has 0 spiro atoms. The third-order valence-corrected chi connectivity index (χ3v) is 2.46. The zero-order valence-corrected chi connectivity index (χ0v) is 9.62. The molecule has 84 valence electrons. The standard InChI is InChI=1S/C12H12ClNO2/c1-15-7-9-3-5-12(16-9)10-6-8(13)2-4-11(10)14/h2-6H,7,14H2,1H3. The van der Waals surface area contributed by atoms with Crippen LogP contribution in [0.25, 0.3) is 11.3 Å². The fourth-order valence-electron chi connectivity index (χ4n) is 1.48. The summed E-state index contributed by atoms with van der Waals surface area (Å²) in [5.74, 6) is 1.46. The molecule has 0 amide bonds. The Labute approximate surface area is 98.8 Å². The predicted octanol–water partition coefficient (Wildman–Crippen LogP) is 3.33. The van der Waals surface area contributed by atoms with Crippen LogP contribution < -0.4 is 5.73 Å². The van der Waals surface area contributed by atoms with Gasteiger partial charge in [-0.15, -0.1) is 0 Å². The van der Waals surface area contributed by atoms with Crippen LogP contribution in [0.1, 0.15) is 5.76 Å². The largest absolute Gasteiger partial charge is 0.459 e. The number of hydrogen-bond acceptors (Lipinski definition) is 3. The van der Waals surface area contributed by atoms with E-state index in [9.17, 15) is 0 Å². The van der Waals surface area contributed by atoms with Gasteiger partial charge in [-0.2, -0.15) is 0 Å². The molecule has 2 rings (SSSR count). The molecule has 0 aliphatic rings. The minimum atomic E-state index is 0.445. The number of rotatable bonds is 3. The molecule has 0 fully saturated rings. The van der Waals surface area contributed by atoms with Crippen LogP contribution in [0, 0.1) is 0 Å². The van der Waals surface area contributed by atoms with Gasteiger partial charge in [0, 0.05) is 23.4 Å². The highest BCUT2D eigenvalue weighted by Crippen LogP contribution is 2.30. The molecule has 0 radical (unpaired) electrons. The number of furan rings is 1. The Morgan fingerprint density at radius 1 is 1.31 bits per heavy atom. The second-order valence-corrected chi connectivity index (χ2v) is 3.87. The van der Waals surface area contributed by atoms with E-state index >= 15 is 0 Å². The van der Waals surface area contributed by atoms with Crippen molar-refractivity contribution in [1.82, 2.24) is 0 Å². The molecule has 3 nitrogen and oxygen atoms in total. The van der Waals surface area contributed by atoms with E-state index in [0.29, 0.717) is 23.1 Å². The van der Waals surface area contributed by atoms with Crippen molar-refractivity contribution >= 4 is 17.3 Å². The lowest BCUT2D eigenvalue weighted by atomic mass is 10.1. The van der Waals surface area contributed by atoms with E-state index < -0.39 is 0 Å². The molecule has 2 aromatic rings. The molecule has 0 atom stereocenters. The molecular formula is C12H12ClNO2. The maximum absolute atomic E-state index is 5.91. The molecule has 0 saturated heterocycles. The number of methoxy groups -OCH3 is 1. The van der Waals surface area contributed by atoms with Gasteiger partial charge >= 0.3 is 0 Å². The van der Waals surface area contributed by atoms with E-state index in [1.807, 2.05) is 12.1 Å². The lowest BCUT2D eigenvalue weighted by molar-refractivity contribution is 0.165. The van der Waals surface area contributed by atoms with Crippen molar-refractivity contribution in [2.45, 2.75) is 6.61 Å². The molecule has 1 aromatic carbocycles. The first kappa shape index (κ1) is 11.0. The van der Waals surface area contributed by atoms with E-state index in [1.165, 1.54) is 0 Å². The summed E-state index contributed by atoms with van der Waals surface area (Å²) in [6.07, 6.45) is 0. The monoisotopic (exact) mass is 237 g/mol. The van der Waals surface area contributed by atoms with E-state index in [1.54, 1.807) is 25.3 Å². The average molecular weight is 238 g/mol. The van der Waals surface area contributed by atoms with Gasteiger partial charge in [0.05, 0.1) is 0 Å². The van der Waals surface area contributed by atoms with Gasteiger partial charge in [0.2, 0.25) is 0 Å². The van der Waals surface area contributed by atoms with Crippen molar-refractivity contribution in [1.29, 1.82) is 0 Å². The summed E-state index contributed by atoms with van der Waals surface area (Å²) in [6.45, 7) is 0.445. The smallest absolute Gasteiger partial charge is 0.136 e. The van der Waals surface area contributed by atoms with Crippen LogP contribution in [0.4, 0.5) is 5.69 Å². The van der Waals surface area contributed by atoms with Crippen LogP contribution in [0.2, 0.25) is 5.02 Å². The summed E-state index contributed by atoms with van der Waals surface area (Å²) in [6, 6.07) is 9.01. The quantitative estimate of drug-likeness (QED) is 0.833. The maximum Gasteiger partial charge on any atom is 0.136 e. The van der Waals surface area contributed by atoms with Crippen LogP contribution in [0.3, 0.4) is 0 Å². The number of benzene rings is 1. The highest BCUT2D eigenvalue weighted by atomic mass is 35.5. The summed E-state index contributed by atoms with van der Waals surface area (Å²) in [5.41, 5.74) is 7.30. The predicted molar refractivity (Wildman–Crippen MR) is 64.3 cm³/mol. The summed E-state index contributed by atoms with van der Waals surface area (Å²) in [4.78, 5) is 0. The Morgan fingerprint density at radius 2 is 2.12 bits per heavy atom. The number of anilines is 1. The lowest BCUT2D eigenvalue weighted by Crippen LogP contribution is -1.88. The Hall–Kier alpha value is -1.45. The molecular weight excluding hydrogens is 226 g/mol. The van der Waals surface area contributed by atoms with Crippen LogP contribution in [0.15, 0.2) is 34.7 Å². The summed E-state index contributed by atoms with van der Waals surface area (Å²) in [5, 5.41) is 0.633. The van der Waals surface area contributed by atoms with E-state index in [-0.39, 0.29) is 0 Å². The van der Waals surface area contributed by atoms with Gasteiger partial charge in [-0.1, -0.05) is 11.6 Å². The van der Waals surface area contributed by atoms with E-state index in [2.05, 4.69) is 0 Å². The molecule has 1 aromatic heterocycles. The van der Waals surface area contributed by atoms with Gasteiger partial charge in [0.25, 0.3) is 0 Å². The molecule has 0 aliphatic carbocycles. The Balaban J connectivity index is 2.38. The van der Waals surface area contributed by atoms with E-state index in [4.69, 9.17) is 26.5 Å². The van der Waals surface area contributed by atoms with E-state index in [0.717, 1.165) is 11.3 Å². The SMILES string of the molecule is COCc1ccc(-c2cc(Cl)ccc2N)o1. The zero-order valence-electron chi connectivity index (χ0n) is 8.87. The number of hydrogen-bond donors (Lipinski definition) is 1. The molecule has 4 heteroatoms. The highest BCUT2D eigenvalue weighted by Gasteiger charge is 2.08. The van der Waals surface area contributed by atoms with Gasteiger partial charge < -0.3 is 14.9 Å². The molecule has 1 heterocycles. The van der Waals surface area contributed by atoms with Crippen molar-refractivity contribution in [3.8, 4) is 11.3 Å². The van der Waals surface area contributed by atoms with Crippen molar-refractivity contribution in [3.05, 3.63) is 41.1 Å². The van der Waals surface area contributed by atoms with Crippen molar-refractivity contribution in [2.75, 3.05) is 12.8 Å². The molecule has 0 aliphatic heterocycles. The third-order valence-electron chi connectivity index (χ3n) is 2.23. The van der Waals surface area contributed by atoms with Gasteiger partial charge in [0.1, 0.15) is 18.1 Å². The first-order chi connectivity index (χ1) is 7.70. The second kappa shape index (κ2) is 4.60. The first-order valence-electron chi connectivity index (χ1n) is 4.84. The summed E-state index contributed by atoms with van der Waals surface area (Å²) < 4.78 is 10.6. The molecule has 16 heavy (non-hydrogen) atoms. The highest BCUT2D eigenvalue weighted by molar-refractivity contribution is 6.31. The van der Waals surface area contributed by atoms with Crippen LogP contribution >= 0.6 is 11.6 Å². The fourth-order valence-corrected chi connectivity index (χ4v) is 1.66. The second-order valence-electron chi connectivity index (χ2n) is 3.43. The molecule has 0 bridgehead atoms. The Morgan fingerprint density at radius 3 is 2.88 bits per heavy atom. The number of ether oxygens (including phenoxy) is 1. The fraction of sp³-hybridized carbons (Fsp3) is 0.167. The third kappa shape index (κ3) is 2.21. The zero-order chi connectivity index (χ0) is 11.5. The topological polar surface area (TPSA) is 48.4 Å². The number of nitrogens with two attached hydrogens (primary N) is 1. The van der Waals surface area contributed by atoms with Crippen molar-refractivity contribution in [2.24, 2.45) is 0 Å². The van der Waals surface area contributed by atoms with Crippen molar-refractivity contribution in [3.63, 3.8) is 0 Å². The number of nitrogen functional groups attached to an aromatic ring is 1. The van der Waals surface area contributed by atoms with Gasteiger partial charge in [-0.3, -0.25) is 0 Å². The van der Waals surface area contributed by atoms with Gasteiger partial charge in [0.15, 0.2) is 0 Å². The first-order valence-corrected chi connectivity index (χ1v) is 5.21. The minimum Gasteiger partial charge on any atom is -0.459 e. The average Bonchev–Trinajstić information content (AvgIpc) is 2.71. The Bertz CT molecular complexity index is 494. The van der Waals surface area contributed by atoms with Gasteiger partial charge in [-0.25, -0.2) is 0 Å². The summed E-state index contributed by atoms with van der Waals surface area (Å²) >= 11 is 5.91. The van der Waals surface area contributed by atoms with Crippen LogP contribution in [-0.4, -0.2) is 7.11 Å².